The van der Waals surface area contributed by atoms with Crippen molar-refractivity contribution in [3.8, 4) is 0 Å². The number of aliphatic hydroxyl groups is 1. The Balaban J connectivity index is 2.39. The summed E-state index contributed by atoms with van der Waals surface area (Å²) in [5, 5.41) is 8.59. The summed E-state index contributed by atoms with van der Waals surface area (Å²) >= 11 is 0. The molecule has 0 radical (unpaired) electrons. The number of aliphatic hydroxyl groups excluding tert-OH is 1. The molecule has 72 valence electrons. The third-order valence-electron chi connectivity index (χ3n) is 1.61. The van der Waals surface area contributed by atoms with E-state index in [2.05, 4.69) is 5.73 Å². The number of ether oxygens (including phenoxy) is 2. The first-order chi connectivity index (χ1) is 6.19. The highest BCUT2D eigenvalue weighted by Crippen LogP contribution is 2.23. The van der Waals surface area contributed by atoms with E-state index in [0.29, 0.717) is 5.57 Å². The molecule has 0 aromatic heterocycles. The minimum atomic E-state index is -0.578. The first kappa shape index (κ1) is 9.99. The van der Waals surface area contributed by atoms with Crippen LogP contribution in [0.5, 0.6) is 0 Å². The Bertz CT molecular complexity index is 263. The predicted octanol–water partition coefficient (Wildman–Crippen LogP) is 0.368. The zero-order chi connectivity index (χ0) is 9.84. The smallest absolute Gasteiger partial charge is 0.343 e. The Morgan fingerprint density at radius 3 is 2.92 bits per heavy atom. The first-order valence-corrected chi connectivity index (χ1v) is 4.04. The van der Waals surface area contributed by atoms with Crippen LogP contribution in [0.2, 0.25) is 0 Å². The largest absolute Gasteiger partial charge is 0.429 e. The van der Waals surface area contributed by atoms with Gasteiger partial charge in [-0.2, -0.15) is 0 Å². The van der Waals surface area contributed by atoms with E-state index in [1.54, 1.807) is 19.9 Å². The van der Waals surface area contributed by atoms with Crippen molar-refractivity contribution < 1.29 is 19.4 Å². The molecule has 1 N–H and O–H groups in total. The van der Waals surface area contributed by atoms with Gasteiger partial charge in [0.05, 0.1) is 12.2 Å². The molecule has 1 rings (SSSR count). The molecule has 1 aliphatic heterocycles. The molecular weight excluding hydrogens is 172 g/mol. The molecule has 0 bridgehead atoms. The number of hydrogen-bond donors (Lipinski definition) is 1. The number of carbonyl (C=O) groups excluding carboxylic acids is 1. The summed E-state index contributed by atoms with van der Waals surface area (Å²) in [4.78, 5) is 11.1. The molecule has 1 aliphatic rings. The van der Waals surface area contributed by atoms with Gasteiger partial charge in [0, 0.05) is 0 Å². The fraction of sp³-hybridized carbons (Fsp3) is 0.556. The summed E-state index contributed by atoms with van der Waals surface area (Å²) in [6.07, 6.45) is 0.710. The van der Waals surface area contributed by atoms with Crippen molar-refractivity contribution >= 4 is 5.97 Å². The Hall–Kier alpha value is -1.09. The summed E-state index contributed by atoms with van der Waals surface area (Å²) in [5.41, 5.74) is 3.11. The van der Waals surface area contributed by atoms with E-state index in [0.717, 1.165) is 0 Å². The van der Waals surface area contributed by atoms with Crippen molar-refractivity contribution in [2.24, 2.45) is 0 Å². The molecule has 0 amide bonds. The van der Waals surface area contributed by atoms with E-state index in [9.17, 15) is 4.79 Å². The molecule has 1 saturated heterocycles. The van der Waals surface area contributed by atoms with Crippen molar-refractivity contribution in [1.29, 1.82) is 0 Å². The molecule has 0 aromatic carbocycles. The molecule has 1 heterocycles. The average Bonchev–Trinajstić information content (AvgIpc) is 2.83. The highest BCUT2D eigenvalue weighted by Gasteiger charge is 2.42. The first-order valence-electron chi connectivity index (χ1n) is 4.04. The fourth-order valence-electron chi connectivity index (χ4n) is 0.829. The number of rotatable bonds is 3. The van der Waals surface area contributed by atoms with Gasteiger partial charge in [-0.15, -0.1) is 5.73 Å². The van der Waals surface area contributed by atoms with Gasteiger partial charge in [0.2, 0.25) is 6.29 Å². The van der Waals surface area contributed by atoms with Gasteiger partial charge in [0.25, 0.3) is 0 Å². The lowest BCUT2D eigenvalue weighted by atomic mass is 10.3. The van der Waals surface area contributed by atoms with E-state index in [1.165, 1.54) is 0 Å². The highest BCUT2D eigenvalue weighted by atomic mass is 16.8. The zero-order valence-corrected chi connectivity index (χ0v) is 7.61. The lowest BCUT2D eigenvalue weighted by Crippen LogP contribution is -2.11. The highest BCUT2D eigenvalue weighted by molar-refractivity contribution is 5.87. The van der Waals surface area contributed by atoms with E-state index in [4.69, 9.17) is 14.6 Å². The van der Waals surface area contributed by atoms with Gasteiger partial charge in [-0.25, -0.2) is 4.79 Å². The molecule has 0 spiro atoms. The Labute approximate surface area is 76.5 Å². The van der Waals surface area contributed by atoms with Gasteiger partial charge in [-0.1, -0.05) is 0 Å². The van der Waals surface area contributed by atoms with Crippen LogP contribution in [0.25, 0.3) is 0 Å². The molecule has 0 saturated carbocycles. The Morgan fingerprint density at radius 1 is 1.77 bits per heavy atom. The normalized spacial score (nSPS) is 24.5. The van der Waals surface area contributed by atoms with Crippen LogP contribution in [0.15, 0.2) is 17.4 Å². The summed E-state index contributed by atoms with van der Waals surface area (Å²) in [6, 6.07) is 0. The van der Waals surface area contributed by atoms with Crippen molar-refractivity contribution in [3.63, 3.8) is 0 Å². The number of epoxide rings is 1. The zero-order valence-electron chi connectivity index (χ0n) is 7.61. The molecule has 2 unspecified atom stereocenters. The Kier molecular flexibility index (Phi) is 3.25. The molecule has 13 heavy (non-hydrogen) atoms. The summed E-state index contributed by atoms with van der Waals surface area (Å²) in [7, 11) is 0. The molecule has 0 aliphatic carbocycles. The van der Waals surface area contributed by atoms with Crippen LogP contribution in [0.1, 0.15) is 13.8 Å². The van der Waals surface area contributed by atoms with Gasteiger partial charge in [0.1, 0.15) is 6.10 Å². The monoisotopic (exact) mass is 184 g/mol. The second kappa shape index (κ2) is 4.23. The van der Waals surface area contributed by atoms with Gasteiger partial charge in [0.15, 0.2) is 0 Å². The fourth-order valence-corrected chi connectivity index (χ4v) is 0.829. The van der Waals surface area contributed by atoms with Crippen molar-refractivity contribution in [3.05, 3.63) is 17.4 Å². The van der Waals surface area contributed by atoms with E-state index < -0.39 is 12.3 Å². The Morgan fingerprint density at radius 2 is 2.46 bits per heavy atom. The van der Waals surface area contributed by atoms with E-state index in [1.807, 2.05) is 0 Å². The third kappa shape index (κ3) is 2.70. The average molecular weight is 184 g/mol. The van der Waals surface area contributed by atoms with Crippen LogP contribution >= 0.6 is 0 Å². The second-order valence-corrected chi connectivity index (χ2v) is 2.69. The van der Waals surface area contributed by atoms with Crippen LogP contribution < -0.4 is 0 Å². The summed E-state index contributed by atoms with van der Waals surface area (Å²) < 4.78 is 9.66. The molecule has 4 nitrogen and oxygen atoms in total. The van der Waals surface area contributed by atoms with Crippen LogP contribution in [-0.2, 0) is 14.3 Å². The van der Waals surface area contributed by atoms with Crippen molar-refractivity contribution in [2.45, 2.75) is 26.2 Å². The van der Waals surface area contributed by atoms with Crippen molar-refractivity contribution in [2.75, 3.05) is 6.61 Å². The minimum Gasteiger partial charge on any atom is -0.429 e. The van der Waals surface area contributed by atoms with Crippen LogP contribution in [-0.4, -0.2) is 30.1 Å². The van der Waals surface area contributed by atoms with Crippen LogP contribution in [0, 0.1) is 0 Å². The van der Waals surface area contributed by atoms with E-state index in [-0.39, 0.29) is 12.7 Å². The predicted molar refractivity (Wildman–Crippen MR) is 44.8 cm³/mol. The van der Waals surface area contributed by atoms with E-state index >= 15 is 0 Å². The standard InChI is InChI=1S/C9H12O4/c1-3-4-6(2)8(11)13-9-7(5-10)12-9/h3,7,9-10H,5H2,1-2H3. The minimum absolute atomic E-state index is 0.121. The van der Waals surface area contributed by atoms with Gasteiger partial charge in [-0.05, 0) is 19.9 Å². The molecule has 0 aromatic rings. The second-order valence-electron chi connectivity index (χ2n) is 2.69. The third-order valence-corrected chi connectivity index (χ3v) is 1.61. The lowest BCUT2D eigenvalue weighted by Gasteiger charge is -1.97. The summed E-state index contributed by atoms with van der Waals surface area (Å²) in [5.74, 6) is -0.459. The van der Waals surface area contributed by atoms with Crippen molar-refractivity contribution in [1.82, 2.24) is 0 Å². The number of hydrogen-bond acceptors (Lipinski definition) is 4. The molecule has 1 fully saturated rings. The SMILES string of the molecule is CC=C=C(C)C(=O)OC1OC1CO. The lowest BCUT2D eigenvalue weighted by molar-refractivity contribution is -0.143. The van der Waals surface area contributed by atoms with Gasteiger partial charge < -0.3 is 14.6 Å². The molecule has 2 atom stereocenters. The maximum atomic E-state index is 11.1. The number of carbonyl (C=O) groups is 1. The topological polar surface area (TPSA) is 59.1 Å². The van der Waals surface area contributed by atoms with Gasteiger partial charge >= 0.3 is 5.97 Å². The van der Waals surface area contributed by atoms with Crippen LogP contribution in [0.4, 0.5) is 0 Å². The van der Waals surface area contributed by atoms with Crippen LogP contribution in [0.3, 0.4) is 0 Å². The molecule has 4 heteroatoms. The quantitative estimate of drug-likeness (QED) is 0.298. The maximum Gasteiger partial charge on any atom is 0.343 e. The van der Waals surface area contributed by atoms with Gasteiger partial charge in [-0.3, -0.25) is 0 Å². The summed E-state index contributed by atoms with van der Waals surface area (Å²) in [6.45, 7) is 3.25. The maximum absolute atomic E-state index is 11.1. The molecular formula is C9H12O4. The number of esters is 1.